The molecule has 64 valence electrons. The highest BCUT2D eigenvalue weighted by atomic mass is 16.4. The summed E-state index contributed by atoms with van der Waals surface area (Å²) >= 11 is 0. The Morgan fingerprint density at radius 3 is 2.64 bits per heavy atom. The summed E-state index contributed by atoms with van der Waals surface area (Å²) in [4.78, 5) is 10.0. The van der Waals surface area contributed by atoms with E-state index in [4.69, 9.17) is 5.11 Å². The van der Waals surface area contributed by atoms with Crippen LogP contribution in [0.25, 0.3) is 0 Å². The topological polar surface area (TPSA) is 49.3 Å². The average molecular weight is 157 g/mol. The molecule has 0 aromatic heterocycles. The van der Waals surface area contributed by atoms with Gasteiger partial charge >= 0.3 is 5.97 Å². The Hall–Kier alpha value is -0.830. The summed E-state index contributed by atoms with van der Waals surface area (Å²) in [5.74, 6) is -0.786. The summed E-state index contributed by atoms with van der Waals surface area (Å²) in [6, 6.07) is 0.449. The van der Waals surface area contributed by atoms with Gasteiger partial charge in [-0.1, -0.05) is 26.0 Å². The summed E-state index contributed by atoms with van der Waals surface area (Å²) in [7, 11) is 0. The van der Waals surface area contributed by atoms with E-state index in [2.05, 4.69) is 5.32 Å². The van der Waals surface area contributed by atoms with Gasteiger partial charge in [-0.2, -0.15) is 0 Å². The van der Waals surface area contributed by atoms with E-state index >= 15 is 0 Å². The van der Waals surface area contributed by atoms with Crippen LogP contribution in [0.15, 0.2) is 12.2 Å². The molecule has 2 N–H and O–H groups in total. The molecule has 0 aliphatic rings. The number of hydrogen-bond acceptors (Lipinski definition) is 2. The lowest BCUT2D eigenvalue weighted by Crippen LogP contribution is -2.22. The molecular weight excluding hydrogens is 142 g/mol. The number of carbonyl (C=O) groups is 1. The SMILES string of the molecule is CC(C)NCC=CCC(=O)O. The van der Waals surface area contributed by atoms with Crippen molar-refractivity contribution in [3.63, 3.8) is 0 Å². The Bertz CT molecular complexity index is 141. The van der Waals surface area contributed by atoms with Crippen molar-refractivity contribution in [2.24, 2.45) is 0 Å². The zero-order valence-electron chi connectivity index (χ0n) is 7.00. The van der Waals surface area contributed by atoms with Crippen molar-refractivity contribution in [2.45, 2.75) is 26.3 Å². The molecule has 0 amide bonds. The molecule has 0 heterocycles. The number of nitrogens with one attached hydrogen (secondary N) is 1. The molecule has 0 fully saturated rings. The van der Waals surface area contributed by atoms with Gasteiger partial charge in [0.2, 0.25) is 0 Å². The lowest BCUT2D eigenvalue weighted by Gasteiger charge is -2.02. The zero-order valence-corrected chi connectivity index (χ0v) is 7.00. The second-order valence-corrected chi connectivity index (χ2v) is 2.63. The summed E-state index contributed by atoms with van der Waals surface area (Å²) < 4.78 is 0. The molecule has 0 aliphatic carbocycles. The summed E-state index contributed by atoms with van der Waals surface area (Å²) in [6.07, 6.45) is 3.59. The van der Waals surface area contributed by atoms with E-state index in [-0.39, 0.29) is 6.42 Å². The third kappa shape index (κ3) is 9.17. The number of hydrogen-bond donors (Lipinski definition) is 2. The fourth-order valence-electron chi connectivity index (χ4n) is 0.571. The predicted molar refractivity (Wildman–Crippen MR) is 44.5 cm³/mol. The van der Waals surface area contributed by atoms with Crippen LogP contribution in [0.4, 0.5) is 0 Å². The first-order chi connectivity index (χ1) is 5.13. The van der Waals surface area contributed by atoms with Crippen LogP contribution in [0, 0.1) is 0 Å². The van der Waals surface area contributed by atoms with Crippen LogP contribution in [0.2, 0.25) is 0 Å². The minimum atomic E-state index is -0.786. The van der Waals surface area contributed by atoms with E-state index in [9.17, 15) is 4.79 Å². The van der Waals surface area contributed by atoms with Crippen molar-refractivity contribution in [3.05, 3.63) is 12.2 Å². The third-order valence-electron chi connectivity index (χ3n) is 1.10. The molecule has 0 atom stereocenters. The highest BCUT2D eigenvalue weighted by Crippen LogP contribution is 1.82. The van der Waals surface area contributed by atoms with Crippen LogP contribution in [-0.2, 0) is 4.79 Å². The molecule has 0 saturated heterocycles. The van der Waals surface area contributed by atoms with E-state index in [1.807, 2.05) is 19.9 Å². The fraction of sp³-hybridized carbons (Fsp3) is 0.625. The number of carboxylic acids is 1. The van der Waals surface area contributed by atoms with Crippen molar-refractivity contribution in [1.29, 1.82) is 0 Å². The summed E-state index contributed by atoms with van der Waals surface area (Å²) in [5, 5.41) is 11.4. The Balaban J connectivity index is 3.23. The molecule has 0 aromatic carbocycles. The molecule has 0 bridgehead atoms. The molecule has 11 heavy (non-hydrogen) atoms. The maximum atomic E-state index is 10.0. The molecule has 0 aliphatic heterocycles. The Morgan fingerprint density at radius 1 is 1.55 bits per heavy atom. The van der Waals surface area contributed by atoms with E-state index in [0.29, 0.717) is 6.04 Å². The Labute approximate surface area is 67.1 Å². The molecule has 3 heteroatoms. The molecule has 0 aromatic rings. The summed E-state index contributed by atoms with van der Waals surface area (Å²) in [5.41, 5.74) is 0. The molecular formula is C8H15NO2. The predicted octanol–water partition coefficient (Wildman–Crippen LogP) is 1.02. The first-order valence-electron chi connectivity index (χ1n) is 3.73. The van der Waals surface area contributed by atoms with Gasteiger partial charge in [-0.3, -0.25) is 4.79 Å². The van der Waals surface area contributed by atoms with Gasteiger partial charge in [0, 0.05) is 12.6 Å². The van der Waals surface area contributed by atoms with Crippen molar-refractivity contribution in [3.8, 4) is 0 Å². The van der Waals surface area contributed by atoms with E-state index in [0.717, 1.165) is 6.54 Å². The van der Waals surface area contributed by atoms with Crippen LogP contribution in [0.5, 0.6) is 0 Å². The van der Waals surface area contributed by atoms with E-state index in [1.165, 1.54) is 0 Å². The van der Waals surface area contributed by atoms with Crippen LogP contribution in [-0.4, -0.2) is 23.7 Å². The quantitative estimate of drug-likeness (QED) is 0.586. The summed E-state index contributed by atoms with van der Waals surface area (Å²) in [6.45, 7) is 4.83. The van der Waals surface area contributed by atoms with Crippen LogP contribution in [0.3, 0.4) is 0 Å². The van der Waals surface area contributed by atoms with Gasteiger partial charge in [-0.05, 0) is 0 Å². The molecule has 0 rings (SSSR count). The van der Waals surface area contributed by atoms with E-state index < -0.39 is 5.97 Å². The van der Waals surface area contributed by atoms with Crippen molar-refractivity contribution < 1.29 is 9.90 Å². The molecule has 3 nitrogen and oxygen atoms in total. The number of aliphatic carboxylic acids is 1. The van der Waals surface area contributed by atoms with Crippen LogP contribution >= 0.6 is 0 Å². The largest absolute Gasteiger partial charge is 0.481 e. The third-order valence-corrected chi connectivity index (χ3v) is 1.10. The lowest BCUT2D eigenvalue weighted by molar-refractivity contribution is -0.136. The normalized spacial score (nSPS) is 11.2. The first kappa shape index (κ1) is 10.2. The molecule has 0 unspecified atom stereocenters. The minimum Gasteiger partial charge on any atom is -0.481 e. The highest BCUT2D eigenvalue weighted by molar-refractivity contribution is 5.68. The lowest BCUT2D eigenvalue weighted by atomic mass is 10.3. The van der Waals surface area contributed by atoms with Gasteiger partial charge in [0.1, 0.15) is 0 Å². The molecule has 0 spiro atoms. The zero-order chi connectivity index (χ0) is 8.69. The van der Waals surface area contributed by atoms with Crippen LogP contribution in [0.1, 0.15) is 20.3 Å². The minimum absolute atomic E-state index is 0.111. The van der Waals surface area contributed by atoms with Gasteiger partial charge in [0.25, 0.3) is 0 Å². The maximum absolute atomic E-state index is 10.0. The number of rotatable bonds is 5. The van der Waals surface area contributed by atoms with Crippen molar-refractivity contribution in [2.75, 3.05) is 6.54 Å². The second kappa shape index (κ2) is 5.92. The smallest absolute Gasteiger partial charge is 0.307 e. The number of carboxylic acid groups (broad SMARTS) is 1. The Kier molecular flexibility index (Phi) is 5.47. The van der Waals surface area contributed by atoms with Gasteiger partial charge in [-0.25, -0.2) is 0 Å². The van der Waals surface area contributed by atoms with Crippen molar-refractivity contribution in [1.82, 2.24) is 5.32 Å². The van der Waals surface area contributed by atoms with Gasteiger partial charge in [0.05, 0.1) is 6.42 Å². The van der Waals surface area contributed by atoms with Crippen LogP contribution < -0.4 is 5.32 Å². The second-order valence-electron chi connectivity index (χ2n) is 2.63. The first-order valence-corrected chi connectivity index (χ1v) is 3.73. The average Bonchev–Trinajstić information content (AvgIpc) is 1.85. The van der Waals surface area contributed by atoms with Crippen molar-refractivity contribution >= 4 is 5.97 Å². The maximum Gasteiger partial charge on any atom is 0.307 e. The van der Waals surface area contributed by atoms with Gasteiger partial charge in [0.15, 0.2) is 0 Å². The highest BCUT2D eigenvalue weighted by Gasteiger charge is 1.89. The Morgan fingerprint density at radius 2 is 2.18 bits per heavy atom. The standard InChI is InChI=1S/C8H15NO2/c1-7(2)9-6-4-3-5-8(10)11/h3-4,7,9H,5-6H2,1-2H3,(H,10,11). The van der Waals surface area contributed by atoms with Gasteiger partial charge < -0.3 is 10.4 Å². The van der Waals surface area contributed by atoms with E-state index in [1.54, 1.807) is 6.08 Å². The fourth-order valence-corrected chi connectivity index (χ4v) is 0.571. The monoisotopic (exact) mass is 157 g/mol. The van der Waals surface area contributed by atoms with Gasteiger partial charge in [-0.15, -0.1) is 0 Å². The molecule has 0 saturated carbocycles. The molecule has 0 radical (unpaired) electrons.